The van der Waals surface area contributed by atoms with Crippen molar-refractivity contribution in [1.29, 1.82) is 0 Å². The first kappa shape index (κ1) is 16.1. The van der Waals surface area contributed by atoms with E-state index in [1.807, 2.05) is 18.2 Å². The van der Waals surface area contributed by atoms with Gasteiger partial charge in [-0.05, 0) is 18.6 Å². The minimum atomic E-state index is -0.276. The third-order valence-electron chi connectivity index (χ3n) is 4.88. The van der Waals surface area contributed by atoms with Crippen LogP contribution in [0.1, 0.15) is 22.6 Å². The Kier molecular flexibility index (Phi) is 4.42. The van der Waals surface area contributed by atoms with Gasteiger partial charge >= 0.3 is 0 Å². The van der Waals surface area contributed by atoms with Crippen molar-refractivity contribution in [2.45, 2.75) is 18.6 Å². The predicted molar refractivity (Wildman–Crippen MR) is 88.6 cm³/mol. The smallest absolute Gasteiger partial charge is 0.274 e. The van der Waals surface area contributed by atoms with Crippen LogP contribution >= 0.6 is 0 Å². The average Bonchev–Trinajstić information content (AvgIpc) is 3.05. The highest BCUT2D eigenvalue weighted by Gasteiger charge is 2.54. The third kappa shape index (κ3) is 3.25. The number of nitrogens with zero attached hydrogens (tertiary/aromatic N) is 4. The molecule has 1 spiro atoms. The van der Waals surface area contributed by atoms with Crippen molar-refractivity contribution in [3.8, 4) is 0 Å². The van der Waals surface area contributed by atoms with E-state index in [1.54, 1.807) is 17.3 Å². The molecule has 2 aromatic heterocycles. The maximum Gasteiger partial charge on any atom is 0.274 e. The highest BCUT2D eigenvalue weighted by atomic mass is 16.5. The van der Waals surface area contributed by atoms with Crippen LogP contribution in [0.15, 0.2) is 43.0 Å². The van der Waals surface area contributed by atoms with Crippen molar-refractivity contribution in [1.82, 2.24) is 19.9 Å². The molecule has 7 nitrogen and oxygen atoms in total. The first-order valence-electron chi connectivity index (χ1n) is 8.44. The molecular formula is C18H20N4O3. The normalized spacial score (nSPS) is 21.3. The molecule has 4 rings (SSSR count). The summed E-state index contributed by atoms with van der Waals surface area (Å²) >= 11 is 0. The lowest BCUT2D eigenvalue weighted by atomic mass is 9.81. The number of carbonyl (C=O) groups excluding carboxylic acids is 1. The fourth-order valence-corrected chi connectivity index (χ4v) is 3.47. The monoisotopic (exact) mass is 340 g/mol. The van der Waals surface area contributed by atoms with Crippen LogP contribution in [0.25, 0.3) is 0 Å². The first-order chi connectivity index (χ1) is 12.3. The number of likely N-dealkylation sites (tertiary alicyclic amines) is 1. The highest BCUT2D eigenvalue weighted by Crippen LogP contribution is 2.40. The molecule has 2 aromatic rings. The zero-order valence-corrected chi connectivity index (χ0v) is 13.9. The molecule has 2 aliphatic rings. The van der Waals surface area contributed by atoms with E-state index in [0.717, 1.165) is 12.1 Å². The number of rotatable bonds is 5. The van der Waals surface area contributed by atoms with Crippen molar-refractivity contribution in [2.24, 2.45) is 5.92 Å². The van der Waals surface area contributed by atoms with Gasteiger partial charge < -0.3 is 14.4 Å². The fraction of sp³-hybridized carbons (Fsp3) is 0.444. The summed E-state index contributed by atoms with van der Waals surface area (Å²) in [6, 6.07) is 5.79. The maximum atomic E-state index is 12.4. The summed E-state index contributed by atoms with van der Waals surface area (Å²) in [4.78, 5) is 26.5. The number of carbonyl (C=O) groups is 1. The van der Waals surface area contributed by atoms with Crippen molar-refractivity contribution in [3.05, 3.63) is 54.4 Å². The second-order valence-electron chi connectivity index (χ2n) is 6.49. The van der Waals surface area contributed by atoms with Crippen LogP contribution in [-0.4, -0.2) is 57.7 Å². The minimum Gasteiger partial charge on any atom is -0.375 e. The largest absolute Gasteiger partial charge is 0.375 e. The Morgan fingerprint density at radius 3 is 2.96 bits per heavy atom. The molecule has 1 amide bonds. The summed E-state index contributed by atoms with van der Waals surface area (Å²) in [7, 11) is 0. The van der Waals surface area contributed by atoms with E-state index in [1.165, 1.54) is 12.4 Å². The van der Waals surface area contributed by atoms with Gasteiger partial charge in [0, 0.05) is 31.1 Å². The van der Waals surface area contributed by atoms with Crippen molar-refractivity contribution in [3.63, 3.8) is 0 Å². The Hall–Kier alpha value is -2.38. The van der Waals surface area contributed by atoms with Gasteiger partial charge in [-0.1, -0.05) is 6.07 Å². The van der Waals surface area contributed by atoms with Gasteiger partial charge in [0.1, 0.15) is 11.3 Å². The summed E-state index contributed by atoms with van der Waals surface area (Å²) < 4.78 is 11.8. The van der Waals surface area contributed by atoms with Crippen LogP contribution in [0.4, 0.5) is 0 Å². The molecule has 0 aromatic carbocycles. The van der Waals surface area contributed by atoms with E-state index in [9.17, 15) is 4.79 Å². The van der Waals surface area contributed by atoms with Crippen LogP contribution in [0, 0.1) is 5.92 Å². The van der Waals surface area contributed by atoms with Crippen molar-refractivity contribution >= 4 is 5.91 Å². The lowest BCUT2D eigenvalue weighted by molar-refractivity contribution is -0.129. The number of ether oxygens (including phenoxy) is 2. The second-order valence-corrected chi connectivity index (χ2v) is 6.49. The van der Waals surface area contributed by atoms with Gasteiger partial charge in [0.2, 0.25) is 0 Å². The van der Waals surface area contributed by atoms with Crippen LogP contribution in [0.2, 0.25) is 0 Å². The van der Waals surface area contributed by atoms with Crippen LogP contribution < -0.4 is 0 Å². The molecule has 130 valence electrons. The summed E-state index contributed by atoms with van der Waals surface area (Å²) in [6.07, 6.45) is 7.30. The molecule has 0 bridgehead atoms. The maximum absolute atomic E-state index is 12.4. The van der Waals surface area contributed by atoms with Gasteiger partial charge in [-0.15, -0.1) is 0 Å². The Morgan fingerprint density at radius 1 is 1.28 bits per heavy atom. The zero-order chi connectivity index (χ0) is 17.1. The molecule has 7 heteroatoms. The predicted octanol–water partition coefficient (Wildman–Crippen LogP) is 1.32. The van der Waals surface area contributed by atoms with E-state index >= 15 is 0 Å². The summed E-state index contributed by atoms with van der Waals surface area (Å²) in [5.41, 5.74) is 1.02. The molecule has 2 aliphatic heterocycles. The second kappa shape index (κ2) is 6.85. The molecule has 0 aliphatic carbocycles. The quantitative estimate of drug-likeness (QED) is 0.817. The standard InChI is InChI=1S/C18H20N4O3/c23-17(16-9-19-6-7-21-16)22-12-18(13-22)14(4-8-25-18)10-24-11-15-3-1-2-5-20-15/h1-3,5-7,9,14H,4,8,10-13H2/t14-/m1/s1. The molecular weight excluding hydrogens is 320 g/mol. The van der Waals surface area contributed by atoms with Crippen LogP contribution in [0.5, 0.6) is 0 Å². The topological polar surface area (TPSA) is 77.4 Å². The molecule has 0 saturated carbocycles. The van der Waals surface area contributed by atoms with E-state index in [-0.39, 0.29) is 11.5 Å². The van der Waals surface area contributed by atoms with E-state index < -0.39 is 0 Å². The molecule has 25 heavy (non-hydrogen) atoms. The SMILES string of the molecule is O=C(c1cnccn1)N1CC2(C1)OCC[C@@H]2COCc1ccccn1. The first-order valence-corrected chi connectivity index (χ1v) is 8.44. The Labute approximate surface area is 146 Å². The molecule has 1 atom stereocenters. The lowest BCUT2D eigenvalue weighted by Gasteiger charge is -2.49. The molecule has 0 unspecified atom stereocenters. The lowest BCUT2D eigenvalue weighted by Crippen LogP contribution is -2.66. The fourth-order valence-electron chi connectivity index (χ4n) is 3.47. The van der Waals surface area contributed by atoms with Gasteiger partial charge in [0.05, 0.1) is 38.2 Å². The van der Waals surface area contributed by atoms with Gasteiger partial charge in [0.25, 0.3) is 5.91 Å². The number of hydrogen-bond acceptors (Lipinski definition) is 6. The van der Waals surface area contributed by atoms with Crippen molar-refractivity contribution in [2.75, 3.05) is 26.3 Å². The number of aromatic nitrogens is 3. The van der Waals surface area contributed by atoms with Crippen molar-refractivity contribution < 1.29 is 14.3 Å². The molecule has 0 radical (unpaired) electrons. The van der Waals surface area contributed by atoms with E-state index in [0.29, 0.717) is 44.5 Å². The minimum absolute atomic E-state index is 0.0950. The van der Waals surface area contributed by atoms with Crippen LogP contribution in [-0.2, 0) is 16.1 Å². The van der Waals surface area contributed by atoms with E-state index in [4.69, 9.17) is 9.47 Å². The van der Waals surface area contributed by atoms with Crippen LogP contribution in [0.3, 0.4) is 0 Å². The highest BCUT2D eigenvalue weighted by molar-refractivity contribution is 5.92. The molecule has 0 N–H and O–H groups in total. The molecule has 2 saturated heterocycles. The summed E-state index contributed by atoms with van der Waals surface area (Å²) in [6.45, 7) is 2.99. The van der Waals surface area contributed by atoms with Gasteiger partial charge in [0.15, 0.2) is 0 Å². The van der Waals surface area contributed by atoms with E-state index in [2.05, 4.69) is 15.0 Å². The van der Waals surface area contributed by atoms with Gasteiger partial charge in [-0.25, -0.2) is 4.98 Å². The Morgan fingerprint density at radius 2 is 2.20 bits per heavy atom. The molecule has 4 heterocycles. The summed E-state index contributed by atoms with van der Waals surface area (Å²) in [5, 5.41) is 0. The third-order valence-corrected chi connectivity index (χ3v) is 4.88. The number of hydrogen-bond donors (Lipinski definition) is 0. The molecule has 2 fully saturated rings. The Balaban J connectivity index is 1.31. The number of pyridine rings is 1. The average molecular weight is 340 g/mol. The van der Waals surface area contributed by atoms with Gasteiger partial charge in [-0.2, -0.15) is 0 Å². The number of amides is 1. The zero-order valence-electron chi connectivity index (χ0n) is 13.9. The Bertz CT molecular complexity index is 720. The van der Waals surface area contributed by atoms with Gasteiger partial charge in [-0.3, -0.25) is 14.8 Å². The summed E-state index contributed by atoms with van der Waals surface area (Å²) in [5.74, 6) is 0.199.